The molecule has 0 fully saturated rings. The molecular weight excluding hydrogens is 614 g/mol. The van der Waals surface area contributed by atoms with Crippen LogP contribution >= 0.6 is 0 Å². The van der Waals surface area contributed by atoms with Gasteiger partial charge >= 0.3 is 12.4 Å². The highest BCUT2D eigenvalue weighted by Gasteiger charge is 2.43. The zero-order valence-electron chi connectivity index (χ0n) is 24.9. The number of halogens is 10. The van der Waals surface area contributed by atoms with Gasteiger partial charge in [0.2, 0.25) is 0 Å². The normalized spacial score (nSPS) is 13.3. The summed E-state index contributed by atoms with van der Waals surface area (Å²) in [5.74, 6) is -6.99. The molecule has 2 nitrogen and oxygen atoms in total. The molecule has 2 aromatic heterocycles. The number of rotatable bonds is 6. The highest BCUT2D eigenvalue weighted by atomic mass is 19.4. The lowest BCUT2D eigenvalue weighted by Crippen LogP contribution is -2.29. The number of hydrogen-bond donors (Lipinski definition) is 0. The van der Waals surface area contributed by atoms with Crippen molar-refractivity contribution in [1.29, 1.82) is 0 Å². The number of pyridine rings is 2. The Morgan fingerprint density at radius 3 is 1.00 bits per heavy atom. The maximum Gasteiger partial charge on any atom is 0.422 e. The quantitative estimate of drug-likeness (QED) is 0.196. The molecule has 0 bridgehead atoms. The Kier molecular flexibility index (Phi) is 8.39. The van der Waals surface area contributed by atoms with Crippen LogP contribution in [-0.2, 0) is 28.6 Å². The summed E-state index contributed by atoms with van der Waals surface area (Å²) in [6.45, 7) is 9.19. The largest absolute Gasteiger partial charge is 0.422 e. The third-order valence-electron chi connectivity index (χ3n) is 8.16. The molecule has 0 aliphatic carbocycles. The van der Waals surface area contributed by atoms with Crippen molar-refractivity contribution >= 4 is 0 Å². The molecule has 2 aromatic carbocycles. The summed E-state index contributed by atoms with van der Waals surface area (Å²) in [5.41, 5.74) is -7.82. The first kappa shape index (κ1) is 33.9. The summed E-state index contributed by atoms with van der Waals surface area (Å²) in [6.07, 6.45) is -10.5. The second kappa shape index (κ2) is 11.1. The fraction of sp³-hybridized carbons (Fsp3) is 0.333. The zero-order valence-corrected chi connectivity index (χ0v) is 24.9. The predicted octanol–water partition coefficient (Wildman–Crippen LogP) is 10.0. The van der Waals surface area contributed by atoms with E-state index in [-0.39, 0.29) is 11.4 Å². The Labute approximate surface area is 253 Å². The Hall–Kier alpha value is -3.96. The van der Waals surface area contributed by atoms with Gasteiger partial charge < -0.3 is 0 Å². The molecule has 0 aliphatic heterocycles. The van der Waals surface area contributed by atoms with E-state index in [1.807, 2.05) is 0 Å². The first-order valence-electron chi connectivity index (χ1n) is 13.6. The number of hydrogen-bond acceptors (Lipinski definition) is 2. The molecule has 0 saturated heterocycles. The van der Waals surface area contributed by atoms with Gasteiger partial charge in [-0.05, 0) is 50.2 Å². The molecule has 4 rings (SSSR count). The summed E-state index contributed by atoms with van der Waals surface area (Å²) < 4.78 is 139. The Balaban J connectivity index is 1.79. The molecule has 0 N–H and O–H groups in total. The van der Waals surface area contributed by atoms with Gasteiger partial charge in [-0.1, -0.05) is 52.0 Å². The maximum atomic E-state index is 15.1. The Morgan fingerprint density at radius 1 is 0.422 bits per heavy atom. The van der Waals surface area contributed by atoms with Gasteiger partial charge in [0.15, 0.2) is 0 Å². The summed E-state index contributed by atoms with van der Waals surface area (Å²) in [6, 6.07) is 12.3. The van der Waals surface area contributed by atoms with Gasteiger partial charge in [0, 0.05) is 27.4 Å². The van der Waals surface area contributed by atoms with Crippen molar-refractivity contribution in [2.24, 2.45) is 0 Å². The van der Waals surface area contributed by atoms with Crippen LogP contribution in [0.1, 0.15) is 86.6 Å². The van der Waals surface area contributed by atoms with Gasteiger partial charge in [-0.3, -0.25) is 9.97 Å². The number of alkyl halides is 6. The average molecular weight is 643 g/mol. The second-order valence-electron chi connectivity index (χ2n) is 12.3. The van der Waals surface area contributed by atoms with E-state index < -0.39 is 74.1 Å². The van der Waals surface area contributed by atoms with Crippen LogP contribution < -0.4 is 0 Å². The average Bonchev–Trinajstić information content (AvgIpc) is 2.91. The predicted molar refractivity (Wildman–Crippen MR) is 148 cm³/mol. The van der Waals surface area contributed by atoms with E-state index >= 15 is 8.78 Å². The Morgan fingerprint density at radius 2 is 0.711 bits per heavy atom. The maximum absolute atomic E-state index is 15.1. The van der Waals surface area contributed by atoms with Crippen molar-refractivity contribution in [3.8, 4) is 0 Å². The molecule has 4 aromatic rings. The minimum absolute atomic E-state index is 0.163. The minimum Gasteiger partial charge on any atom is -0.256 e. The van der Waals surface area contributed by atoms with Crippen LogP contribution in [0.25, 0.3) is 0 Å². The van der Waals surface area contributed by atoms with E-state index in [0.29, 0.717) is 23.5 Å². The van der Waals surface area contributed by atoms with Crippen LogP contribution in [0, 0.1) is 23.3 Å². The fourth-order valence-electron chi connectivity index (χ4n) is 5.26. The molecule has 12 heteroatoms. The van der Waals surface area contributed by atoms with Gasteiger partial charge in [0.1, 0.15) is 34.4 Å². The van der Waals surface area contributed by atoms with Gasteiger partial charge in [0.25, 0.3) is 0 Å². The summed E-state index contributed by atoms with van der Waals surface area (Å²) >= 11 is 0. The molecule has 0 amide bonds. The van der Waals surface area contributed by atoms with Crippen molar-refractivity contribution in [2.45, 2.75) is 70.1 Å². The van der Waals surface area contributed by atoms with Crippen LogP contribution in [-0.4, -0.2) is 9.97 Å². The van der Waals surface area contributed by atoms with E-state index in [1.54, 1.807) is 38.1 Å². The van der Waals surface area contributed by atoms with E-state index in [0.717, 1.165) is 12.1 Å². The van der Waals surface area contributed by atoms with Gasteiger partial charge in [-0.2, -0.15) is 26.3 Å². The van der Waals surface area contributed by atoms with Crippen LogP contribution in [0.3, 0.4) is 0 Å². The van der Waals surface area contributed by atoms with Crippen molar-refractivity contribution in [3.05, 3.63) is 129 Å². The zero-order chi connectivity index (χ0) is 33.9. The first-order valence-corrected chi connectivity index (χ1v) is 13.6. The second-order valence-corrected chi connectivity index (χ2v) is 12.3. The number of benzene rings is 2. The smallest absolute Gasteiger partial charge is 0.256 e. The third-order valence-corrected chi connectivity index (χ3v) is 8.16. The molecule has 0 spiro atoms. The highest BCUT2D eigenvalue weighted by molar-refractivity contribution is 5.43. The molecule has 240 valence electrons. The number of nitrogens with zero attached hydrogens (tertiary/aromatic N) is 2. The van der Waals surface area contributed by atoms with E-state index in [1.165, 1.54) is 39.8 Å². The van der Waals surface area contributed by atoms with Crippen molar-refractivity contribution < 1.29 is 43.9 Å². The lowest BCUT2D eigenvalue weighted by Gasteiger charge is -2.31. The topological polar surface area (TPSA) is 25.8 Å². The van der Waals surface area contributed by atoms with Crippen LogP contribution in [0.15, 0.2) is 60.7 Å². The molecule has 0 unspecified atom stereocenters. The summed E-state index contributed by atoms with van der Waals surface area (Å²) in [5, 5.41) is 0. The molecular formula is C33H28F10N2. The summed E-state index contributed by atoms with van der Waals surface area (Å²) in [7, 11) is 0. The van der Waals surface area contributed by atoms with E-state index in [4.69, 9.17) is 0 Å². The summed E-state index contributed by atoms with van der Waals surface area (Å²) in [4.78, 5) is 9.26. The fourth-order valence-corrected chi connectivity index (χ4v) is 5.26. The first-order chi connectivity index (χ1) is 20.5. The van der Waals surface area contributed by atoms with Gasteiger partial charge in [-0.25, -0.2) is 17.6 Å². The monoisotopic (exact) mass is 642 g/mol. The standard InChI is InChI=1S/C33H28F10N2/c1-29(2,17-13-15-19(34)25(27(17)36)32(38,39)40)21-9-7-11-23(44-21)31(5,6)24-12-8-10-22(45-24)30(3,4)18-14-16-20(35)26(28(18)37)33(41,42)43/h7-16H,1-6H3. The molecule has 0 atom stereocenters. The Bertz CT molecular complexity index is 1620. The molecule has 45 heavy (non-hydrogen) atoms. The molecule has 0 saturated carbocycles. The van der Waals surface area contributed by atoms with Gasteiger partial charge in [-0.15, -0.1) is 0 Å². The third kappa shape index (κ3) is 6.03. The van der Waals surface area contributed by atoms with Crippen LogP contribution in [0.2, 0.25) is 0 Å². The molecule has 0 radical (unpaired) electrons. The van der Waals surface area contributed by atoms with Crippen LogP contribution in [0.4, 0.5) is 43.9 Å². The van der Waals surface area contributed by atoms with Crippen molar-refractivity contribution in [2.75, 3.05) is 0 Å². The van der Waals surface area contributed by atoms with Crippen molar-refractivity contribution in [3.63, 3.8) is 0 Å². The highest BCUT2D eigenvalue weighted by Crippen LogP contribution is 2.42. The SMILES string of the molecule is CC(C)(c1cccc(C(C)(C)c2ccc(F)c(C(F)(F)F)c2F)n1)c1cccc(C(C)(C)c2ccc(F)c(C(F)(F)F)c2F)n1. The van der Waals surface area contributed by atoms with Crippen molar-refractivity contribution in [1.82, 2.24) is 9.97 Å². The van der Waals surface area contributed by atoms with Gasteiger partial charge in [0.05, 0.1) is 22.8 Å². The van der Waals surface area contributed by atoms with Crippen LogP contribution in [0.5, 0.6) is 0 Å². The lowest BCUT2D eigenvalue weighted by molar-refractivity contribution is -0.143. The molecule has 2 heterocycles. The van der Waals surface area contributed by atoms with E-state index in [2.05, 4.69) is 9.97 Å². The van der Waals surface area contributed by atoms with E-state index in [9.17, 15) is 35.1 Å². The number of aromatic nitrogens is 2. The molecule has 0 aliphatic rings. The minimum atomic E-state index is -5.27. The lowest BCUT2D eigenvalue weighted by atomic mass is 9.78.